The number of halogens is 1. The predicted octanol–water partition coefficient (Wildman–Crippen LogP) is 3.64. The number of hydrogen-bond donors (Lipinski definition) is 1. The molecule has 0 bridgehead atoms. The summed E-state index contributed by atoms with van der Waals surface area (Å²) >= 11 is 5.97. The molecule has 0 aliphatic heterocycles. The Bertz CT molecular complexity index is 580. The largest absolute Gasteiger partial charge is 0.440 e. The summed E-state index contributed by atoms with van der Waals surface area (Å²) in [6, 6.07) is 5.64. The highest BCUT2D eigenvalue weighted by Gasteiger charge is 2.40. The van der Waals surface area contributed by atoms with E-state index in [1.165, 1.54) is 12.8 Å². The van der Waals surface area contributed by atoms with E-state index < -0.39 is 0 Å². The van der Waals surface area contributed by atoms with E-state index in [2.05, 4.69) is 11.9 Å². The minimum Gasteiger partial charge on any atom is -0.440 e. The van der Waals surface area contributed by atoms with Crippen LogP contribution in [0.15, 0.2) is 22.6 Å². The standard InChI is InChI=1S/C14H17ClN2O/c1-14(7-3-2-4-12(14)16)13-17-10-8-9(15)5-6-11(10)18-13/h5-6,8,12H,2-4,7,16H2,1H3. The summed E-state index contributed by atoms with van der Waals surface area (Å²) in [5.41, 5.74) is 7.72. The summed E-state index contributed by atoms with van der Waals surface area (Å²) in [6.45, 7) is 2.16. The van der Waals surface area contributed by atoms with Crippen molar-refractivity contribution in [2.75, 3.05) is 0 Å². The van der Waals surface area contributed by atoms with Crippen molar-refractivity contribution < 1.29 is 4.42 Å². The van der Waals surface area contributed by atoms with Gasteiger partial charge in [-0.25, -0.2) is 4.98 Å². The van der Waals surface area contributed by atoms with E-state index in [1.54, 1.807) is 0 Å². The molecule has 3 rings (SSSR count). The molecule has 1 fully saturated rings. The number of fused-ring (bicyclic) bond motifs is 1. The minimum absolute atomic E-state index is 0.120. The van der Waals surface area contributed by atoms with Crippen molar-refractivity contribution in [2.45, 2.75) is 44.1 Å². The van der Waals surface area contributed by atoms with Crippen LogP contribution in [-0.4, -0.2) is 11.0 Å². The summed E-state index contributed by atoms with van der Waals surface area (Å²) in [4.78, 5) is 4.59. The zero-order chi connectivity index (χ0) is 12.8. The van der Waals surface area contributed by atoms with E-state index >= 15 is 0 Å². The van der Waals surface area contributed by atoms with Gasteiger partial charge in [-0.1, -0.05) is 24.4 Å². The first-order valence-electron chi connectivity index (χ1n) is 6.42. The van der Waals surface area contributed by atoms with Gasteiger partial charge < -0.3 is 10.2 Å². The predicted molar refractivity (Wildman–Crippen MR) is 72.8 cm³/mol. The van der Waals surface area contributed by atoms with Gasteiger partial charge in [-0.3, -0.25) is 0 Å². The van der Waals surface area contributed by atoms with Crippen molar-refractivity contribution in [1.82, 2.24) is 4.98 Å². The van der Waals surface area contributed by atoms with Gasteiger partial charge in [0, 0.05) is 11.1 Å². The molecule has 2 unspecified atom stereocenters. The number of oxazole rings is 1. The molecule has 1 aliphatic rings. The highest BCUT2D eigenvalue weighted by molar-refractivity contribution is 6.31. The quantitative estimate of drug-likeness (QED) is 0.856. The van der Waals surface area contributed by atoms with Crippen LogP contribution < -0.4 is 5.73 Å². The first kappa shape index (κ1) is 12.0. The van der Waals surface area contributed by atoms with Crippen LogP contribution in [0.5, 0.6) is 0 Å². The lowest BCUT2D eigenvalue weighted by atomic mass is 9.72. The molecule has 1 aromatic heterocycles. The Morgan fingerprint density at radius 2 is 2.28 bits per heavy atom. The van der Waals surface area contributed by atoms with Crippen LogP contribution in [0.2, 0.25) is 5.02 Å². The molecule has 2 atom stereocenters. The number of benzene rings is 1. The first-order valence-corrected chi connectivity index (χ1v) is 6.79. The maximum Gasteiger partial charge on any atom is 0.202 e. The molecule has 1 heterocycles. The van der Waals surface area contributed by atoms with Crippen molar-refractivity contribution in [1.29, 1.82) is 0 Å². The number of nitrogens with two attached hydrogens (primary N) is 1. The second-order valence-corrected chi connectivity index (χ2v) is 5.84. The van der Waals surface area contributed by atoms with E-state index in [9.17, 15) is 0 Å². The Hall–Kier alpha value is -1.06. The molecule has 1 aromatic carbocycles. The second-order valence-electron chi connectivity index (χ2n) is 5.40. The zero-order valence-electron chi connectivity index (χ0n) is 10.4. The van der Waals surface area contributed by atoms with Crippen LogP contribution in [0.25, 0.3) is 11.1 Å². The molecule has 2 aromatic rings. The van der Waals surface area contributed by atoms with Crippen molar-refractivity contribution in [2.24, 2.45) is 5.73 Å². The summed E-state index contributed by atoms with van der Waals surface area (Å²) < 4.78 is 5.89. The van der Waals surface area contributed by atoms with Crippen molar-refractivity contribution in [3.8, 4) is 0 Å². The molecule has 0 spiro atoms. The monoisotopic (exact) mass is 264 g/mol. The molecular weight excluding hydrogens is 248 g/mol. The van der Waals surface area contributed by atoms with E-state index in [1.807, 2.05) is 18.2 Å². The average Bonchev–Trinajstić information content (AvgIpc) is 2.76. The Labute approximate surface area is 111 Å². The lowest BCUT2D eigenvalue weighted by Gasteiger charge is -2.36. The molecule has 0 saturated heterocycles. The molecule has 3 nitrogen and oxygen atoms in total. The van der Waals surface area contributed by atoms with Gasteiger partial charge in [-0.05, 0) is 38.0 Å². The van der Waals surface area contributed by atoms with Crippen molar-refractivity contribution >= 4 is 22.7 Å². The molecule has 1 saturated carbocycles. The van der Waals surface area contributed by atoms with Crippen molar-refractivity contribution in [3.63, 3.8) is 0 Å². The molecular formula is C14H17ClN2O. The third kappa shape index (κ3) is 1.82. The third-order valence-electron chi connectivity index (χ3n) is 4.12. The van der Waals surface area contributed by atoms with Gasteiger partial charge in [0.05, 0.1) is 5.41 Å². The highest BCUT2D eigenvalue weighted by Crippen LogP contribution is 2.39. The van der Waals surface area contributed by atoms with Crippen LogP contribution in [0.1, 0.15) is 38.5 Å². The van der Waals surface area contributed by atoms with E-state index in [0.717, 1.165) is 29.8 Å². The Kier molecular flexibility index (Phi) is 2.83. The number of nitrogens with zero attached hydrogens (tertiary/aromatic N) is 1. The number of hydrogen-bond acceptors (Lipinski definition) is 3. The molecule has 0 radical (unpaired) electrons. The fourth-order valence-electron chi connectivity index (χ4n) is 2.77. The highest BCUT2D eigenvalue weighted by atomic mass is 35.5. The van der Waals surface area contributed by atoms with Crippen LogP contribution >= 0.6 is 11.6 Å². The van der Waals surface area contributed by atoms with Gasteiger partial charge >= 0.3 is 0 Å². The fourth-order valence-corrected chi connectivity index (χ4v) is 2.94. The van der Waals surface area contributed by atoms with Gasteiger partial charge in [0.1, 0.15) is 5.52 Å². The topological polar surface area (TPSA) is 52.0 Å². The minimum atomic E-state index is -0.149. The van der Waals surface area contributed by atoms with Crippen LogP contribution in [0, 0.1) is 0 Å². The van der Waals surface area contributed by atoms with Gasteiger partial charge in [0.25, 0.3) is 0 Å². The van der Waals surface area contributed by atoms with Gasteiger partial charge in [-0.15, -0.1) is 0 Å². The molecule has 2 N–H and O–H groups in total. The second kappa shape index (κ2) is 4.25. The zero-order valence-corrected chi connectivity index (χ0v) is 11.2. The Morgan fingerprint density at radius 1 is 1.44 bits per heavy atom. The van der Waals surface area contributed by atoms with Gasteiger partial charge in [0.2, 0.25) is 5.89 Å². The lowest BCUT2D eigenvalue weighted by molar-refractivity contribution is 0.226. The summed E-state index contributed by atoms with van der Waals surface area (Å²) in [7, 11) is 0. The molecule has 0 amide bonds. The molecule has 96 valence electrons. The van der Waals surface area contributed by atoms with Crippen LogP contribution in [0.4, 0.5) is 0 Å². The molecule has 1 aliphatic carbocycles. The van der Waals surface area contributed by atoms with E-state index in [0.29, 0.717) is 5.02 Å². The lowest BCUT2D eigenvalue weighted by Crippen LogP contribution is -2.45. The maximum absolute atomic E-state index is 6.27. The van der Waals surface area contributed by atoms with E-state index in [4.69, 9.17) is 21.8 Å². The SMILES string of the molecule is CC1(c2nc3cc(Cl)ccc3o2)CCCCC1N. The van der Waals surface area contributed by atoms with E-state index in [-0.39, 0.29) is 11.5 Å². The van der Waals surface area contributed by atoms with Gasteiger partial charge in [-0.2, -0.15) is 0 Å². The van der Waals surface area contributed by atoms with Crippen LogP contribution in [-0.2, 0) is 5.41 Å². The first-order chi connectivity index (χ1) is 8.59. The molecule has 18 heavy (non-hydrogen) atoms. The normalized spacial score (nSPS) is 28.7. The average molecular weight is 265 g/mol. The fraction of sp³-hybridized carbons (Fsp3) is 0.500. The van der Waals surface area contributed by atoms with Gasteiger partial charge in [0.15, 0.2) is 5.58 Å². The number of rotatable bonds is 1. The Morgan fingerprint density at radius 3 is 3.06 bits per heavy atom. The molecule has 4 heteroatoms. The smallest absolute Gasteiger partial charge is 0.202 e. The summed E-state index contributed by atoms with van der Waals surface area (Å²) in [6.07, 6.45) is 4.46. The summed E-state index contributed by atoms with van der Waals surface area (Å²) in [5, 5.41) is 0.681. The Balaban J connectivity index is 2.07. The third-order valence-corrected chi connectivity index (χ3v) is 4.35. The van der Waals surface area contributed by atoms with Crippen molar-refractivity contribution in [3.05, 3.63) is 29.1 Å². The number of aromatic nitrogens is 1. The summed E-state index contributed by atoms with van der Waals surface area (Å²) in [5.74, 6) is 0.756. The maximum atomic E-state index is 6.27. The van der Waals surface area contributed by atoms with Crippen LogP contribution in [0.3, 0.4) is 0 Å².